The first-order chi connectivity index (χ1) is 14.7. The molecule has 0 unspecified atom stereocenters. The highest BCUT2D eigenvalue weighted by Crippen LogP contribution is 2.34. The zero-order valence-electron chi connectivity index (χ0n) is 16.8. The average Bonchev–Trinajstić information content (AvgIpc) is 3.36. The highest BCUT2D eigenvalue weighted by molar-refractivity contribution is 7.92. The monoisotopic (exact) mass is 442 g/mol. The van der Waals surface area contributed by atoms with Crippen LogP contribution in [0.15, 0.2) is 47.9 Å². The summed E-state index contributed by atoms with van der Waals surface area (Å²) in [6, 6.07) is 4.95. The normalized spacial score (nSPS) is 11.6. The van der Waals surface area contributed by atoms with Gasteiger partial charge in [0.25, 0.3) is 10.0 Å². The molecule has 0 atom stereocenters. The topological polar surface area (TPSA) is 141 Å². The lowest BCUT2D eigenvalue weighted by Crippen LogP contribution is -2.14. The first-order valence-electron chi connectivity index (χ1n) is 8.98. The minimum absolute atomic E-state index is 0.0572. The van der Waals surface area contributed by atoms with E-state index in [1.165, 1.54) is 36.4 Å². The Balaban J connectivity index is 1.71. The number of carboxylic acids is 1. The molecule has 2 N–H and O–H groups in total. The number of fused-ring (bicyclic) bond motifs is 1. The van der Waals surface area contributed by atoms with Crippen LogP contribution in [0.25, 0.3) is 16.7 Å². The van der Waals surface area contributed by atoms with Gasteiger partial charge in [0.1, 0.15) is 16.3 Å². The molecule has 31 heavy (non-hydrogen) atoms. The maximum Gasteiger partial charge on any atom is 0.337 e. The number of anilines is 1. The predicted molar refractivity (Wildman–Crippen MR) is 111 cm³/mol. The summed E-state index contributed by atoms with van der Waals surface area (Å²) in [5.41, 5.74) is 1.36. The van der Waals surface area contributed by atoms with Crippen molar-refractivity contribution in [2.24, 2.45) is 7.05 Å². The molecule has 12 heteroatoms. The maximum absolute atomic E-state index is 13.1. The lowest BCUT2D eigenvalue weighted by Gasteiger charge is -2.13. The Morgan fingerprint density at radius 3 is 2.65 bits per heavy atom. The van der Waals surface area contributed by atoms with Crippen LogP contribution < -0.4 is 9.46 Å². The molecule has 4 rings (SSSR count). The number of nitrogens with zero attached hydrogens (tertiary/aromatic N) is 5. The highest BCUT2D eigenvalue weighted by atomic mass is 32.2. The number of ether oxygens (including phenoxy) is 1. The number of aryl methyl sites for hydroxylation is 2. The second-order valence-electron chi connectivity index (χ2n) is 6.74. The van der Waals surface area contributed by atoms with Gasteiger partial charge in [0.05, 0.1) is 36.8 Å². The van der Waals surface area contributed by atoms with Crippen molar-refractivity contribution in [3.8, 4) is 11.6 Å². The molecule has 3 aromatic heterocycles. The number of hydrogen-bond donors (Lipinski definition) is 2. The summed E-state index contributed by atoms with van der Waals surface area (Å²) in [4.78, 5) is 15.1. The third-order valence-corrected chi connectivity index (χ3v) is 6.06. The van der Waals surface area contributed by atoms with Gasteiger partial charge < -0.3 is 9.84 Å². The second kappa shape index (κ2) is 7.40. The predicted octanol–water partition coefficient (Wildman–Crippen LogP) is 1.97. The standard InChI is InChI=1S/C19H18N6O5S/c1-11-6-16(20-9-14(11)19(26)27)25-10-13(8-22-25)31(28,29)23-17-15(30-3)5-4-12-7-21-24(2)18(12)17/h4-10,23H,1-3H3,(H,26,27). The number of aromatic nitrogens is 5. The molecule has 0 fully saturated rings. The van der Waals surface area contributed by atoms with Gasteiger partial charge in [-0.05, 0) is 30.7 Å². The summed E-state index contributed by atoms with van der Waals surface area (Å²) in [5, 5.41) is 18.1. The van der Waals surface area contributed by atoms with E-state index in [1.54, 1.807) is 37.0 Å². The van der Waals surface area contributed by atoms with Crippen molar-refractivity contribution in [1.82, 2.24) is 24.5 Å². The first kappa shape index (κ1) is 20.3. The van der Waals surface area contributed by atoms with Gasteiger partial charge in [0.2, 0.25) is 0 Å². The number of methoxy groups -OCH3 is 1. The lowest BCUT2D eigenvalue weighted by molar-refractivity contribution is 0.0695. The molecule has 0 aliphatic heterocycles. The fraction of sp³-hybridized carbons (Fsp3) is 0.158. The van der Waals surface area contributed by atoms with E-state index in [1.807, 2.05) is 0 Å². The minimum atomic E-state index is -4.03. The molecule has 0 amide bonds. The van der Waals surface area contributed by atoms with Gasteiger partial charge in [-0.3, -0.25) is 9.40 Å². The Bertz CT molecular complexity index is 1420. The minimum Gasteiger partial charge on any atom is -0.494 e. The van der Waals surface area contributed by atoms with Crippen LogP contribution in [0.3, 0.4) is 0 Å². The number of aromatic carboxylic acids is 1. The van der Waals surface area contributed by atoms with Crippen molar-refractivity contribution < 1.29 is 23.1 Å². The van der Waals surface area contributed by atoms with E-state index in [9.17, 15) is 13.2 Å². The smallest absolute Gasteiger partial charge is 0.337 e. The summed E-state index contributed by atoms with van der Waals surface area (Å²) in [7, 11) is -0.880. The molecule has 0 saturated heterocycles. The van der Waals surface area contributed by atoms with Crippen molar-refractivity contribution in [1.29, 1.82) is 0 Å². The molecule has 160 valence electrons. The van der Waals surface area contributed by atoms with Crippen molar-refractivity contribution in [3.63, 3.8) is 0 Å². The third-order valence-electron chi connectivity index (χ3n) is 4.75. The largest absolute Gasteiger partial charge is 0.494 e. The van der Waals surface area contributed by atoms with Crippen molar-refractivity contribution in [3.05, 3.63) is 54.1 Å². The Labute approximate surface area is 177 Å². The number of sulfonamides is 1. The Kier molecular flexibility index (Phi) is 4.85. The van der Waals surface area contributed by atoms with Gasteiger partial charge in [-0.2, -0.15) is 10.2 Å². The third kappa shape index (κ3) is 3.57. The molecular weight excluding hydrogens is 424 g/mol. The number of pyridine rings is 1. The number of carboxylic acid groups (broad SMARTS) is 1. The summed E-state index contributed by atoms with van der Waals surface area (Å²) < 4.78 is 36.8. The van der Waals surface area contributed by atoms with E-state index in [4.69, 9.17) is 9.84 Å². The van der Waals surface area contributed by atoms with Gasteiger partial charge >= 0.3 is 5.97 Å². The molecule has 0 aliphatic carbocycles. The SMILES string of the molecule is COc1ccc2cnn(C)c2c1NS(=O)(=O)c1cnn(-c2cc(C)c(C(=O)O)cn2)c1. The zero-order valence-corrected chi connectivity index (χ0v) is 17.6. The first-order valence-corrected chi connectivity index (χ1v) is 10.5. The highest BCUT2D eigenvalue weighted by Gasteiger charge is 2.22. The van der Waals surface area contributed by atoms with Crippen molar-refractivity contribution >= 4 is 32.6 Å². The number of hydrogen-bond acceptors (Lipinski definition) is 7. The van der Waals surface area contributed by atoms with E-state index in [-0.39, 0.29) is 22.0 Å². The number of rotatable bonds is 6. The molecule has 0 radical (unpaired) electrons. The van der Waals surface area contributed by atoms with Crippen LogP contribution in [0.5, 0.6) is 5.75 Å². The molecule has 0 bridgehead atoms. The van der Waals surface area contributed by atoms with Crippen LogP contribution in [0.2, 0.25) is 0 Å². The van der Waals surface area contributed by atoms with Gasteiger partial charge in [-0.25, -0.2) is 22.9 Å². The van der Waals surface area contributed by atoms with Gasteiger partial charge in [0, 0.05) is 18.6 Å². The fourth-order valence-corrected chi connectivity index (χ4v) is 4.18. The molecule has 1 aromatic carbocycles. The Hall–Kier alpha value is -3.93. The van der Waals surface area contributed by atoms with Crippen molar-refractivity contribution in [2.75, 3.05) is 11.8 Å². The van der Waals surface area contributed by atoms with Gasteiger partial charge in [-0.1, -0.05) is 0 Å². The van der Waals surface area contributed by atoms with E-state index in [0.29, 0.717) is 16.8 Å². The van der Waals surface area contributed by atoms with Crippen LogP contribution in [0.4, 0.5) is 5.69 Å². The van der Waals surface area contributed by atoms with Crippen LogP contribution in [0.1, 0.15) is 15.9 Å². The van der Waals surface area contributed by atoms with Crippen LogP contribution in [0, 0.1) is 6.92 Å². The Morgan fingerprint density at radius 2 is 1.97 bits per heavy atom. The molecule has 0 saturated carbocycles. The van der Waals surface area contributed by atoms with Crippen LogP contribution in [-0.4, -0.2) is 51.1 Å². The van der Waals surface area contributed by atoms with E-state index in [2.05, 4.69) is 19.9 Å². The van der Waals surface area contributed by atoms with Crippen LogP contribution >= 0.6 is 0 Å². The molecule has 4 aromatic rings. The number of benzene rings is 1. The Morgan fingerprint density at radius 1 is 1.19 bits per heavy atom. The second-order valence-corrected chi connectivity index (χ2v) is 8.42. The van der Waals surface area contributed by atoms with Crippen molar-refractivity contribution in [2.45, 2.75) is 11.8 Å². The average molecular weight is 442 g/mol. The van der Waals surface area contributed by atoms with E-state index in [0.717, 1.165) is 5.39 Å². The number of nitrogens with one attached hydrogen (secondary N) is 1. The molecule has 0 spiro atoms. The summed E-state index contributed by atoms with van der Waals surface area (Å²) >= 11 is 0. The molecule has 11 nitrogen and oxygen atoms in total. The van der Waals surface area contributed by atoms with Gasteiger partial charge in [-0.15, -0.1) is 0 Å². The summed E-state index contributed by atoms with van der Waals surface area (Å²) in [6.07, 6.45) is 5.30. The zero-order chi connectivity index (χ0) is 22.3. The lowest BCUT2D eigenvalue weighted by atomic mass is 10.1. The summed E-state index contributed by atoms with van der Waals surface area (Å²) in [6.45, 7) is 1.62. The fourth-order valence-electron chi connectivity index (χ4n) is 3.17. The maximum atomic E-state index is 13.1. The van der Waals surface area contributed by atoms with Gasteiger partial charge in [0.15, 0.2) is 5.82 Å². The molecule has 3 heterocycles. The van der Waals surface area contributed by atoms with Crippen LogP contribution in [-0.2, 0) is 17.1 Å². The summed E-state index contributed by atoms with van der Waals surface area (Å²) in [5.74, 6) is -0.466. The van der Waals surface area contributed by atoms with E-state index >= 15 is 0 Å². The molecule has 0 aliphatic rings. The molecular formula is C19H18N6O5S. The van der Waals surface area contributed by atoms with E-state index < -0.39 is 16.0 Å². The number of carbonyl (C=O) groups is 1. The quantitative estimate of drug-likeness (QED) is 0.462.